The van der Waals surface area contributed by atoms with E-state index in [1.807, 2.05) is 6.07 Å². The first-order valence-corrected chi connectivity index (χ1v) is 8.34. The number of esters is 1. The van der Waals surface area contributed by atoms with Crippen LogP contribution in [0.4, 0.5) is 0 Å². The average molecular weight is 357 g/mol. The summed E-state index contributed by atoms with van der Waals surface area (Å²) in [5.41, 5.74) is 4.33. The number of hydrogen-bond donors (Lipinski definition) is 1. The van der Waals surface area contributed by atoms with Crippen LogP contribution < -0.4 is 5.43 Å². The minimum Gasteiger partial charge on any atom is -0.461 e. The molecule has 1 heterocycles. The molecule has 0 unspecified atom stereocenters. The zero-order valence-electron chi connectivity index (χ0n) is 13.6. The van der Waals surface area contributed by atoms with Gasteiger partial charge in [0, 0.05) is 10.6 Å². The molecule has 0 saturated heterocycles. The van der Waals surface area contributed by atoms with Crippen molar-refractivity contribution in [2.75, 3.05) is 6.61 Å². The number of hydrogen-bond acceptors (Lipinski definition) is 5. The van der Waals surface area contributed by atoms with Crippen LogP contribution in [0.3, 0.4) is 0 Å². The number of benzene rings is 2. The van der Waals surface area contributed by atoms with Gasteiger partial charge in [0.2, 0.25) is 0 Å². The summed E-state index contributed by atoms with van der Waals surface area (Å²) < 4.78 is 5.09. The van der Waals surface area contributed by atoms with E-state index in [2.05, 4.69) is 10.5 Å². The quantitative estimate of drug-likeness (QED) is 0.660. The molecular formula is C19H17ClN2O3. The van der Waals surface area contributed by atoms with Crippen molar-refractivity contribution in [3.8, 4) is 0 Å². The molecule has 0 aromatic heterocycles. The van der Waals surface area contributed by atoms with E-state index in [-0.39, 0.29) is 18.1 Å². The van der Waals surface area contributed by atoms with Gasteiger partial charge in [-0.2, -0.15) is 5.10 Å². The molecule has 5 nitrogen and oxygen atoms in total. The van der Waals surface area contributed by atoms with Gasteiger partial charge in [0.05, 0.1) is 12.5 Å². The number of ether oxygens (including phenoxy) is 1. The third-order valence-electron chi connectivity index (χ3n) is 4.01. The topological polar surface area (TPSA) is 67.8 Å². The fraction of sp³-hybridized carbons (Fsp3) is 0.211. The average Bonchev–Trinajstić information content (AvgIpc) is 3.08. The molecule has 2 aromatic carbocycles. The molecule has 0 bridgehead atoms. The maximum atomic E-state index is 12.9. The lowest BCUT2D eigenvalue weighted by Crippen LogP contribution is -2.37. The molecule has 1 aliphatic rings. The minimum absolute atomic E-state index is 0.136. The summed E-state index contributed by atoms with van der Waals surface area (Å²) in [5, 5.41) is 4.68. The van der Waals surface area contributed by atoms with Crippen molar-refractivity contribution in [3.63, 3.8) is 0 Å². The van der Waals surface area contributed by atoms with E-state index >= 15 is 0 Å². The standard InChI is InChI=1S/C19H17ClN2O3/c1-2-25-19(24)17-15(12-8-10-14(20)11-9-12)16(21-22-17)18(23)13-6-4-3-5-7-13/h3-11,15-16,21H,2H2,1H3/t15-,16+/m1/s1. The lowest BCUT2D eigenvalue weighted by molar-refractivity contribution is -0.135. The van der Waals surface area contributed by atoms with E-state index in [1.54, 1.807) is 55.5 Å². The Balaban J connectivity index is 1.97. The highest BCUT2D eigenvalue weighted by Gasteiger charge is 2.41. The van der Waals surface area contributed by atoms with Gasteiger partial charge >= 0.3 is 5.97 Å². The number of nitrogens with one attached hydrogen (secondary N) is 1. The molecule has 1 N–H and O–H groups in total. The van der Waals surface area contributed by atoms with E-state index in [1.165, 1.54) is 0 Å². The van der Waals surface area contributed by atoms with Crippen molar-refractivity contribution in [1.82, 2.24) is 5.43 Å². The lowest BCUT2D eigenvalue weighted by atomic mass is 9.84. The second-order valence-corrected chi connectivity index (χ2v) is 6.02. The summed E-state index contributed by atoms with van der Waals surface area (Å²) in [4.78, 5) is 25.2. The van der Waals surface area contributed by atoms with Gasteiger partial charge in [0.15, 0.2) is 11.5 Å². The SMILES string of the molecule is CCOC(=O)C1=NN[C@H](C(=O)c2ccccc2)[C@H]1c1ccc(Cl)cc1. The van der Waals surface area contributed by atoms with Gasteiger partial charge in [0.25, 0.3) is 0 Å². The van der Waals surface area contributed by atoms with Crippen LogP contribution in [-0.2, 0) is 9.53 Å². The Kier molecular flexibility index (Phi) is 5.14. The maximum Gasteiger partial charge on any atom is 0.355 e. The van der Waals surface area contributed by atoms with Crippen LogP contribution in [0, 0.1) is 0 Å². The highest BCUT2D eigenvalue weighted by molar-refractivity contribution is 6.40. The van der Waals surface area contributed by atoms with Crippen molar-refractivity contribution >= 4 is 29.1 Å². The van der Waals surface area contributed by atoms with Gasteiger partial charge in [-0.15, -0.1) is 0 Å². The van der Waals surface area contributed by atoms with Gasteiger partial charge in [-0.25, -0.2) is 4.79 Å². The first-order valence-electron chi connectivity index (χ1n) is 7.96. The number of hydrazone groups is 1. The summed E-state index contributed by atoms with van der Waals surface area (Å²) in [7, 11) is 0. The van der Waals surface area contributed by atoms with Crippen molar-refractivity contribution in [1.29, 1.82) is 0 Å². The largest absolute Gasteiger partial charge is 0.461 e. The molecule has 2 aromatic rings. The maximum absolute atomic E-state index is 12.9. The van der Waals surface area contributed by atoms with Crippen LogP contribution in [0.25, 0.3) is 0 Å². The summed E-state index contributed by atoms with van der Waals surface area (Å²) in [6.45, 7) is 1.97. The Hall–Kier alpha value is -2.66. The first-order chi connectivity index (χ1) is 12.1. The summed E-state index contributed by atoms with van der Waals surface area (Å²) in [5.74, 6) is -1.20. The number of carbonyl (C=O) groups excluding carboxylic acids is 2. The number of carbonyl (C=O) groups is 2. The van der Waals surface area contributed by atoms with E-state index < -0.39 is 17.9 Å². The zero-order chi connectivity index (χ0) is 17.8. The van der Waals surface area contributed by atoms with Gasteiger partial charge in [-0.3, -0.25) is 10.2 Å². The summed E-state index contributed by atoms with van der Waals surface area (Å²) >= 11 is 5.96. The molecule has 128 valence electrons. The Morgan fingerprint density at radius 2 is 1.80 bits per heavy atom. The predicted octanol–water partition coefficient (Wildman–Crippen LogP) is 3.20. The predicted molar refractivity (Wildman–Crippen MR) is 96.0 cm³/mol. The van der Waals surface area contributed by atoms with Gasteiger partial charge in [-0.1, -0.05) is 54.1 Å². The molecule has 0 fully saturated rings. The molecule has 0 radical (unpaired) electrons. The number of Topliss-reactive ketones (excluding diaryl/α,β-unsaturated/α-hetero) is 1. The number of nitrogens with zero attached hydrogens (tertiary/aromatic N) is 1. The summed E-state index contributed by atoms with van der Waals surface area (Å²) in [6, 6.07) is 15.3. The van der Waals surface area contributed by atoms with Gasteiger partial charge in [0.1, 0.15) is 6.04 Å². The lowest BCUT2D eigenvalue weighted by Gasteiger charge is -2.20. The third kappa shape index (κ3) is 3.56. The molecule has 3 rings (SSSR count). The molecule has 0 spiro atoms. The van der Waals surface area contributed by atoms with E-state index in [0.717, 1.165) is 5.56 Å². The fourth-order valence-corrected chi connectivity index (χ4v) is 2.96. The van der Waals surface area contributed by atoms with Gasteiger partial charge < -0.3 is 4.74 Å². The molecule has 0 aliphatic carbocycles. The Morgan fingerprint density at radius 3 is 2.44 bits per heavy atom. The first kappa shape index (κ1) is 17.2. The smallest absolute Gasteiger partial charge is 0.355 e. The van der Waals surface area contributed by atoms with Crippen LogP contribution in [0.2, 0.25) is 5.02 Å². The fourth-order valence-electron chi connectivity index (χ4n) is 2.83. The van der Waals surface area contributed by atoms with Crippen molar-refractivity contribution in [2.24, 2.45) is 5.10 Å². The minimum atomic E-state index is -0.678. The van der Waals surface area contributed by atoms with Crippen molar-refractivity contribution in [2.45, 2.75) is 18.9 Å². The number of ketones is 1. The second kappa shape index (κ2) is 7.49. The highest BCUT2D eigenvalue weighted by Crippen LogP contribution is 2.29. The molecule has 0 amide bonds. The van der Waals surface area contributed by atoms with Crippen LogP contribution in [0.15, 0.2) is 59.7 Å². The van der Waals surface area contributed by atoms with E-state index in [0.29, 0.717) is 10.6 Å². The molecule has 6 heteroatoms. The molecule has 2 atom stereocenters. The molecule has 25 heavy (non-hydrogen) atoms. The Bertz CT molecular complexity index is 803. The normalized spacial score (nSPS) is 19.0. The monoisotopic (exact) mass is 356 g/mol. The van der Waals surface area contributed by atoms with Crippen molar-refractivity contribution < 1.29 is 14.3 Å². The Labute approximate surface area is 150 Å². The summed E-state index contributed by atoms with van der Waals surface area (Å²) in [6.07, 6.45) is 0. The number of halogens is 1. The van der Waals surface area contributed by atoms with Gasteiger partial charge in [-0.05, 0) is 24.6 Å². The van der Waals surface area contributed by atoms with Crippen LogP contribution >= 0.6 is 11.6 Å². The molecule has 0 saturated carbocycles. The third-order valence-corrected chi connectivity index (χ3v) is 4.26. The van der Waals surface area contributed by atoms with Crippen LogP contribution in [0.5, 0.6) is 0 Å². The van der Waals surface area contributed by atoms with E-state index in [9.17, 15) is 9.59 Å². The molecular weight excluding hydrogens is 340 g/mol. The van der Waals surface area contributed by atoms with Crippen molar-refractivity contribution in [3.05, 3.63) is 70.7 Å². The van der Waals surface area contributed by atoms with Crippen LogP contribution in [0.1, 0.15) is 28.8 Å². The highest BCUT2D eigenvalue weighted by atomic mass is 35.5. The molecule has 1 aliphatic heterocycles. The second-order valence-electron chi connectivity index (χ2n) is 5.58. The number of rotatable bonds is 5. The zero-order valence-corrected chi connectivity index (χ0v) is 14.4. The van der Waals surface area contributed by atoms with E-state index in [4.69, 9.17) is 16.3 Å². The van der Waals surface area contributed by atoms with Crippen LogP contribution in [-0.4, -0.2) is 30.1 Å². The Morgan fingerprint density at radius 1 is 1.12 bits per heavy atom.